The second kappa shape index (κ2) is 9.28. The van der Waals surface area contributed by atoms with Crippen molar-refractivity contribution in [2.45, 2.75) is 6.92 Å². The molecule has 64 valence electrons. The minimum atomic E-state index is -0.266. The van der Waals surface area contributed by atoms with Crippen LogP contribution in [-0.4, -0.2) is 25.7 Å². The van der Waals surface area contributed by atoms with Crippen molar-refractivity contribution in [1.29, 1.82) is 0 Å². The second-order valence-corrected chi connectivity index (χ2v) is 1.61. The molecule has 4 heteroatoms. The van der Waals surface area contributed by atoms with Crippen LogP contribution in [-0.2, 0) is 9.53 Å². The third-order valence-electron chi connectivity index (χ3n) is 0.802. The van der Waals surface area contributed by atoms with E-state index in [4.69, 9.17) is 6.42 Å². The molecule has 0 radical (unpaired) electrons. The lowest BCUT2D eigenvalue weighted by Crippen LogP contribution is -2.24. The van der Waals surface area contributed by atoms with Gasteiger partial charge in [-0.3, -0.25) is 10.1 Å². The topological polar surface area (TPSA) is 38.3 Å². The Morgan fingerprint density at radius 3 is 2.82 bits per heavy atom. The zero-order chi connectivity index (χ0) is 7.82. The Morgan fingerprint density at radius 1 is 1.73 bits per heavy atom. The first-order valence-electron chi connectivity index (χ1n) is 3.11. The summed E-state index contributed by atoms with van der Waals surface area (Å²) in [6, 6.07) is 0. The lowest BCUT2D eigenvalue weighted by molar-refractivity contribution is -0.141. The number of rotatable bonds is 4. The summed E-state index contributed by atoms with van der Waals surface area (Å²) >= 11 is 0. The van der Waals surface area contributed by atoms with E-state index in [1.54, 1.807) is 6.92 Å². The maximum Gasteiger partial charge on any atom is 0.319 e. The molecular weight excluding hydrogens is 166 g/mol. The SMILES string of the molecule is C#CCNCC(=O)OCC.Cl. The highest BCUT2D eigenvalue weighted by Crippen LogP contribution is 1.73. The summed E-state index contributed by atoms with van der Waals surface area (Å²) in [4.78, 5) is 10.6. The predicted octanol–water partition coefficient (Wildman–Crippen LogP) is 0.194. The Labute approximate surface area is 72.9 Å². The molecule has 0 fully saturated rings. The number of esters is 1. The third-order valence-corrected chi connectivity index (χ3v) is 0.802. The van der Waals surface area contributed by atoms with Gasteiger partial charge >= 0.3 is 5.97 Å². The highest BCUT2D eigenvalue weighted by atomic mass is 35.5. The molecule has 0 saturated carbocycles. The van der Waals surface area contributed by atoms with Crippen LogP contribution in [0.15, 0.2) is 0 Å². The second-order valence-electron chi connectivity index (χ2n) is 1.61. The Bertz CT molecular complexity index is 142. The van der Waals surface area contributed by atoms with E-state index in [1.165, 1.54) is 0 Å². The van der Waals surface area contributed by atoms with E-state index in [0.717, 1.165) is 0 Å². The molecule has 0 saturated heterocycles. The van der Waals surface area contributed by atoms with Gasteiger partial charge in [-0.15, -0.1) is 18.8 Å². The highest BCUT2D eigenvalue weighted by Gasteiger charge is 1.97. The molecule has 0 aromatic heterocycles. The van der Waals surface area contributed by atoms with Crippen molar-refractivity contribution < 1.29 is 9.53 Å². The molecular formula is C7H12ClNO2. The molecule has 0 amide bonds. The van der Waals surface area contributed by atoms with Gasteiger partial charge in [-0.1, -0.05) is 5.92 Å². The summed E-state index contributed by atoms with van der Waals surface area (Å²) in [5.41, 5.74) is 0. The van der Waals surface area contributed by atoms with E-state index in [9.17, 15) is 4.79 Å². The first-order valence-corrected chi connectivity index (χ1v) is 3.11. The van der Waals surface area contributed by atoms with Crippen LogP contribution in [0, 0.1) is 12.3 Å². The van der Waals surface area contributed by atoms with Crippen LogP contribution in [0.5, 0.6) is 0 Å². The van der Waals surface area contributed by atoms with Crippen LogP contribution in [0.4, 0.5) is 0 Å². The van der Waals surface area contributed by atoms with Crippen LogP contribution >= 0.6 is 12.4 Å². The normalized spacial score (nSPS) is 7.64. The standard InChI is InChI=1S/C7H11NO2.ClH/c1-3-5-8-6-7(9)10-4-2;/h1,8H,4-6H2,2H3;1H. The molecule has 0 aromatic carbocycles. The van der Waals surface area contributed by atoms with Crippen molar-refractivity contribution in [3.05, 3.63) is 0 Å². The summed E-state index contributed by atoms with van der Waals surface area (Å²) in [5.74, 6) is 2.08. The molecule has 0 spiro atoms. The van der Waals surface area contributed by atoms with Crippen molar-refractivity contribution in [3.63, 3.8) is 0 Å². The molecule has 3 nitrogen and oxygen atoms in total. The number of carbonyl (C=O) groups excluding carboxylic acids is 1. The third kappa shape index (κ3) is 9.28. The van der Waals surface area contributed by atoms with E-state index in [-0.39, 0.29) is 24.9 Å². The largest absolute Gasteiger partial charge is 0.465 e. The summed E-state index contributed by atoms with van der Waals surface area (Å²) < 4.78 is 4.62. The fraction of sp³-hybridized carbons (Fsp3) is 0.571. The quantitative estimate of drug-likeness (QED) is 0.379. The average molecular weight is 178 g/mol. The molecule has 0 aromatic rings. The number of ether oxygens (including phenoxy) is 1. The van der Waals surface area contributed by atoms with Crippen molar-refractivity contribution in [2.75, 3.05) is 19.7 Å². The highest BCUT2D eigenvalue weighted by molar-refractivity contribution is 5.85. The van der Waals surface area contributed by atoms with Gasteiger partial charge in [0, 0.05) is 0 Å². The molecule has 0 aliphatic carbocycles. The van der Waals surface area contributed by atoms with Gasteiger partial charge in [-0.2, -0.15) is 0 Å². The molecule has 0 bridgehead atoms. The van der Waals surface area contributed by atoms with Gasteiger partial charge in [0.25, 0.3) is 0 Å². The lowest BCUT2D eigenvalue weighted by atomic mass is 10.6. The maximum atomic E-state index is 10.6. The van der Waals surface area contributed by atoms with Crippen molar-refractivity contribution >= 4 is 18.4 Å². The van der Waals surface area contributed by atoms with Crippen LogP contribution in [0.25, 0.3) is 0 Å². The van der Waals surface area contributed by atoms with Gasteiger partial charge in [0.1, 0.15) is 0 Å². The van der Waals surface area contributed by atoms with E-state index >= 15 is 0 Å². The molecule has 0 aliphatic rings. The lowest BCUT2D eigenvalue weighted by Gasteiger charge is -1.99. The smallest absolute Gasteiger partial charge is 0.319 e. The first kappa shape index (κ1) is 12.9. The van der Waals surface area contributed by atoms with E-state index in [2.05, 4.69) is 16.0 Å². The molecule has 0 rings (SSSR count). The fourth-order valence-corrected chi connectivity index (χ4v) is 0.449. The summed E-state index contributed by atoms with van der Waals surface area (Å²) in [5, 5.41) is 2.71. The Hall–Kier alpha value is -0.720. The van der Waals surface area contributed by atoms with Gasteiger partial charge in [0.2, 0.25) is 0 Å². The number of hydrogen-bond acceptors (Lipinski definition) is 3. The minimum absolute atomic E-state index is 0. The summed E-state index contributed by atoms with van der Waals surface area (Å²) in [6.07, 6.45) is 4.92. The summed E-state index contributed by atoms with van der Waals surface area (Å²) in [6.45, 7) is 2.77. The molecule has 0 unspecified atom stereocenters. The van der Waals surface area contributed by atoms with Gasteiger partial charge in [-0.25, -0.2) is 0 Å². The zero-order valence-corrected chi connectivity index (χ0v) is 7.24. The number of nitrogens with one attached hydrogen (secondary N) is 1. The van der Waals surface area contributed by atoms with Gasteiger partial charge in [-0.05, 0) is 6.92 Å². The zero-order valence-electron chi connectivity index (χ0n) is 6.42. The number of carbonyl (C=O) groups is 1. The van der Waals surface area contributed by atoms with E-state index in [1.807, 2.05) is 0 Å². The van der Waals surface area contributed by atoms with Crippen molar-refractivity contribution in [3.8, 4) is 12.3 Å². The van der Waals surface area contributed by atoms with Crippen molar-refractivity contribution in [2.24, 2.45) is 0 Å². The van der Waals surface area contributed by atoms with E-state index in [0.29, 0.717) is 13.2 Å². The fourth-order valence-electron chi connectivity index (χ4n) is 0.449. The van der Waals surface area contributed by atoms with Crippen LogP contribution in [0.3, 0.4) is 0 Å². The van der Waals surface area contributed by atoms with E-state index < -0.39 is 0 Å². The molecule has 0 aliphatic heterocycles. The average Bonchev–Trinajstić information content (AvgIpc) is 1.89. The monoisotopic (exact) mass is 177 g/mol. The number of hydrogen-bond donors (Lipinski definition) is 1. The molecule has 0 atom stereocenters. The Balaban J connectivity index is 0. The minimum Gasteiger partial charge on any atom is -0.465 e. The Morgan fingerprint density at radius 2 is 2.36 bits per heavy atom. The number of terminal acetylenes is 1. The number of halogens is 1. The first-order chi connectivity index (χ1) is 4.81. The van der Waals surface area contributed by atoms with Crippen LogP contribution in [0.1, 0.15) is 6.92 Å². The summed E-state index contributed by atoms with van der Waals surface area (Å²) in [7, 11) is 0. The molecule has 0 heterocycles. The molecule has 11 heavy (non-hydrogen) atoms. The van der Waals surface area contributed by atoms with Crippen LogP contribution < -0.4 is 5.32 Å². The van der Waals surface area contributed by atoms with Gasteiger partial charge < -0.3 is 4.74 Å². The Kier molecular flexibility index (Phi) is 10.9. The van der Waals surface area contributed by atoms with Crippen LogP contribution in [0.2, 0.25) is 0 Å². The maximum absolute atomic E-state index is 10.6. The van der Waals surface area contributed by atoms with Gasteiger partial charge in [0.05, 0.1) is 19.7 Å². The predicted molar refractivity (Wildman–Crippen MR) is 45.6 cm³/mol. The molecule has 1 N–H and O–H groups in total. The van der Waals surface area contributed by atoms with Gasteiger partial charge in [0.15, 0.2) is 0 Å². The van der Waals surface area contributed by atoms with Crippen molar-refractivity contribution in [1.82, 2.24) is 5.32 Å².